The smallest absolute Gasteiger partial charge is 0.306 e. The zero-order valence-electron chi connectivity index (χ0n) is 37.4. The van der Waals surface area contributed by atoms with Crippen molar-refractivity contribution in [3.05, 3.63) is 24.3 Å². The summed E-state index contributed by atoms with van der Waals surface area (Å²) in [6, 6.07) is 0. The van der Waals surface area contributed by atoms with Crippen molar-refractivity contribution in [1.82, 2.24) is 0 Å². The summed E-state index contributed by atoms with van der Waals surface area (Å²) in [7, 11) is 0. The van der Waals surface area contributed by atoms with Crippen LogP contribution in [0.15, 0.2) is 24.3 Å². The standard InChI is InChI=1S/C50H92O6/c1-4-7-10-13-16-19-21-22-23-24-25-26-27-28-30-31-34-37-40-43-49(52)55-46-47(45-54-48(51)42-39-36-33-18-15-12-9-6-3)56-50(53)44-41-38-35-32-29-20-17-14-11-8-5-2/h14,17,22-23,47H,4-13,15-16,18-21,24-46H2,1-3H3/b17-14-,23-22-. The monoisotopic (exact) mass is 789 g/mol. The molecule has 328 valence electrons. The molecule has 0 saturated carbocycles. The van der Waals surface area contributed by atoms with Crippen LogP contribution in [0.5, 0.6) is 0 Å². The molecule has 0 N–H and O–H groups in total. The van der Waals surface area contributed by atoms with Crippen LogP contribution in [0.2, 0.25) is 0 Å². The third kappa shape index (κ3) is 43.0. The van der Waals surface area contributed by atoms with Gasteiger partial charge in [-0.3, -0.25) is 14.4 Å². The molecule has 0 bridgehead atoms. The van der Waals surface area contributed by atoms with Crippen LogP contribution in [0.4, 0.5) is 0 Å². The fraction of sp³-hybridized carbons (Fsp3) is 0.860. The summed E-state index contributed by atoms with van der Waals surface area (Å²) in [6.45, 7) is 6.57. The summed E-state index contributed by atoms with van der Waals surface area (Å²) in [5.41, 5.74) is 0. The number of allylic oxidation sites excluding steroid dienone is 4. The van der Waals surface area contributed by atoms with E-state index in [0.717, 1.165) is 70.6 Å². The van der Waals surface area contributed by atoms with Crippen LogP contribution in [0.3, 0.4) is 0 Å². The molecule has 6 heteroatoms. The highest BCUT2D eigenvalue weighted by Crippen LogP contribution is 2.15. The molecule has 0 aromatic carbocycles. The molecule has 0 aliphatic carbocycles. The lowest BCUT2D eigenvalue weighted by atomic mass is 10.1. The lowest BCUT2D eigenvalue weighted by Crippen LogP contribution is -2.30. The fourth-order valence-corrected chi connectivity index (χ4v) is 6.95. The predicted molar refractivity (Wildman–Crippen MR) is 238 cm³/mol. The Morgan fingerprint density at radius 2 is 0.607 bits per heavy atom. The number of carbonyl (C=O) groups is 3. The van der Waals surface area contributed by atoms with Gasteiger partial charge in [0.2, 0.25) is 0 Å². The van der Waals surface area contributed by atoms with Crippen LogP contribution in [0.1, 0.15) is 258 Å². The van der Waals surface area contributed by atoms with Crippen molar-refractivity contribution in [1.29, 1.82) is 0 Å². The average Bonchev–Trinajstić information content (AvgIpc) is 3.19. The van der Waals surface area contributed by atoms with Gasteiger partial charge in [0.05, 0.1) is 0 Å². The Kier molecular flexibility index (Phi) is 43.9. The van der Waals surface area contributed by atoms with Crippen molar-refractivity contribution < 1.29 is 28.6 Å². The van der Waals surface area contributed by atoms with Crippen molar-refractivity contribution in [2.75, 3.05) is 13.2 Å². The van der Waals surface area contributed by atoms with Crippen molar-refractivity contribution in [2.24, 2.45) is 0 Å². The van der Waals surface area contributed by atoms with E-state index in [1.165, 1.54) is 148 Å². The normalized spacial score (nSPS) is 12.1. The molecule has 6 nitrogen and oxygen atoms in total. The van der Waals surface area contributed by atoms with Gasteiger partial charge in [0.15, 0.2) is 6.10 Å². The van der Waals surface area contributed by atoms with Crippen molar-refractivity contribution in [3.8, 4) is 0 Å². The lowest BCUT2D eigenvalue weighted by Gasteiger charge is -2.18. The van der Waals surface area contributed by atoms with E-state index in [4.69, 9.17) is 14.2 Å². The zero-order chi connectivity index (χ0) is 40.8. The van der Waals surface area contributed by atoms with E-state index in [9.17, 15) is 14.4 Å². The molecule has 0 fully saturated rings. The molecule has 1 unspecified atom stereocenters. The maximum atomic E-state index is 12.7. The maximum absolute atomic E-state index is 12.7. The number of ether oxygens (including phenoxy) is 3. The lowest BCUT2D eigenvalue weighted by molar-refractivity contribution is -0.167. The minimum atomic E-state index is -0.769. The van der Waals surface area contributed by atoms with Crippen LogP contribution in [-0.2, 0) is 28.6 Å². The summed E-state index contributed by atoms with van der Waals surface area (Å²) < 4.78 is 16.7. The highest BCUT2D eigenvalue weighted by Gasteiger charge is 2.19. The molecule has 0 spiro atoms. The van der Waals surface area contributed by atoms with Crippen LogP contribution >= 0.6 is 0 Å². The van der Waals surface area contributed by atoms with Crippen molar-refractivity contribution in [2.45, 2.75) is 264 Å². The van der Waals surface area contributed by atoms with Crippen LogP contribution in [0.25, 0.3) is 0 Å². The Bertz CT molecular complexity index is 911. The predicted octanol–water partition coefficient (Wildman–Crippen LogP) is 15.6. The van der Waals surface area contributed by atoms with Crippen LogP contribution in [-0.4, -0.2) is 37.2 Å². The minimum absolute atomic E-state index is 0.0728. The first-order valence-corrected chi connectivity index (χ1v) is 24.3. The minimum Gasteiger partial charge on any atom is -0.462 e. The topological polar surface area (TPSA) is 78.9 Å². The van der Waals surface area contributed by atoms with Gasteiger partial charge in [0.25, 0.3) is 0 Å². The summed E-state index contributed by atoms with van der Waals surface area (Å²) in [5, 5.41) is 0. The summed E-state index contributed by atoms with van der Waals surface area (Å²) >= 11 is 0. The number of rotatable bonds is 44. The first-order valence-electron chi connectivity index (χ1n) is 24.3. The number of unbranched alkanes of at least 4 members (excludes halogenated alkanes) is 29. The second kappa shape index (κ2) is 45.6. The van der Waals surface area contributed by atoms with Gasteiger partial charge in [-0.2, -0.15) is 0 Å². The zero-order valence-corrected chi connectivity index (χ0v) is 37.4. The Morgan fingerprint density at radius 1 is 0.339 bits per heavy atom. The average molecular weight is 789 g/mol. The highest BCUT2D eigenvalue weighted by atomic mass is 16.6. The second-order valence-corrected chi connectivity index (χ2v) is 16.4. The van der Waals surface area contributed by atoms with E-state index >= 15 is 0 Å². The number of hydrogen-bond donors (Lipinski definition) is 0. The Hall–Kier alpha value is -2.11. The molecule has 0 radical (unpaired) electrons. The molecular formula is C50H92O6. The van der Waals surface area contributed by atoms with Crippen molar-refractivity contribution in [3.63, 3.8) is 0 Å². The Morgan fingerprint density at radius 3 is 0.946 bits per heavy atom. The molecule has 0 saturated heterocycles. The first-order chi connectivity index (χ1) is 27.5. The molecule has 0 aromatic heterocycles. The fourth-order valence-electron chi connectivity index (χ4n) is 6.95. The van der Waals surface area contributed by atoms with Crippen LogP contribution in [0, 0.1) is 0 Å². The first kappa shape index (κ1) is 53.9. The van der Waals surface area contributed by atoms with E-state index in [-0.39, 0.29) is 31.1 Å². The molecule has 0 aromatic rings. The summed E-state index contributed by atoms with van der Waals surface area (Å²) in [5.74, 6) is -0.882. The molecule has 0 heterocycles. The van der Waals surface area contributed by atoms with Gasteiger partial charge in [-0.15, -0.1) is 0 Å². The van der Waals surface area contributed by atoms with E-state index in [2.05, 4.69) is 45.1 Å². The number of carbonyl (C=O) groups excluding carboxylic acids is 3. The van der Waals surface area contributed by atoms with Gasteiger partial charge >= 0.3 is 17.9 Å². The largest absolute Gasteiger partial charge is 0.462 e. The van der Waals surface area contributed by atoms with E-state index in [0.29, 0.717) is 19.3 Å². The van der Waals surface area contributed by atoms with E-state index < -0.39 is 6.10 Å². The quantitative estimate of drug-likeness (QED) is 0.0265. The van der Waals surface area contributed by atoms with Gasteiger partial charge in [-0.1, -0.05) is 199 Å². The van der Waals surface area contributed by atoms with Gasteiger partial charge in [-0.05, 0) is 64.2 Å². The molecular weight excluding hydrogens is 697 g/mol. The SMILES string of the molecule is CCCC/C=C\CCCCCCCC(=O)OC(COC(=O)CCCCCCCCCC)COC(=O)CCCCCCCCCCC/C=C\CCCCCCCC. The molecule has 56 heavy (non-hydrogen) atoms. The number of esters is 3. The van der Waals surface area contributed by atoms with Gasteiger partial charge in [-0.25, -0.2) is 0 Å². The number of hydrogen-bond acceptors (Lipinski definition) is 6. The van der Waals surface area contributed by atoms with Gasteiger partial charge in [0, 0.05) is 19.3 Å². The Labute approximate surface area is 347 Å². The van der Waals surface area contributed by atoms with Gasteiger partial charge < -0.3 is 14.2 Å². The summed E-state index contributed by atoms with van der Waals surface area (Å²) in [6.07, 6.45) is 50.3. The Balaban J connectivity index is 4.23. The molecule has 0 aliphatic heterocycles. The molecule has 0 aliphatic rings. The molecule has 1 atom stereocenters. The highest BCUT2D eigenvalue weighted by molar-refractivity contribution is 5.71. The van der Waals surface area contributed by atoms with E-state index in [1.807, 2.05) is 0 Å². The molecule has 0 amide bonds. The van der Waals surface area contributed by atoms with Crippen LogP contribution < -0.4 is 0 Å². The third-order valence-corrected chi connectivity index (χ3v) is 10.7. The van der Waals surface area contributed by atoms with Gasteiger partial charge in [0.1, 0.15) is 13.2 Å². The van der Waals surface area contributed by atoms with Crippen molar-refractivity contribution >= 4 is 17.9 Å². The summed E-state index contributed by atoms with van der Waals surface area (Å²) in [4.78, 5) is 37.7. The second-order valence-electron chi connectivity index (χ2n) is 16.4. The molecule has 0 rings (SSSR count). The van der Waals surface area contributed by atoms with E-state index in [1.54, 1.807) is 0 Å². The third-order valence-electron chi connectivity index (χ3n) is 10.7. The maximum Gasteiger partial charge on any atom is 0.306 e.